The zero-order chi connectivity index (χ0) is 27.6. The lowest BCUT2D eigenvalue weighted by Crippen LogP contribution is -2.37. The topological polar surface area (TPSA) is 58.6 Å². The number of hydrogen-bond acceptors (Lipinski definition) is 5. The average molecular weight is 537 g/mol. The summed E-state index contributed by atoms with van der Waals surface area (Å²) in [6.07, 6.45) is -4.25. The van der Waals surface area contributed by atoms with Gasteiger partial charge in [-0.1, -0.05) is 48.5 Å². The van der Waals surface area contributed by atoms with Gasteiger partial charge in [0.05, 0.1) is 23.4 Å². The maximum atomic E-state index is 14.5. The molecule has 0 unspecified atom stereocenters. The Morgan fingerprint density at radius 3 is 2.49 bits per heavy atom. The van der Waals surface area contributed by atoms with Crippen LogP contribution in [0, 0.1) is 5.82 Å². The van der Waals surface area contributed by atoms with Crippen molar-refractivity contribution in [3.05, 3.63) is 113 Å². The molecule has 0 saturated carbocycles. The fourth-order valence-corrected chi connectivity index (χ4v) is 4.37. The number of nitrogens with zero attached hydrogens (tertiary/aromatic N) is 4. The van der Waals surface area contributed by atoms with Gasteiger partial charge in [0.2, 0.25) is 11.8 Å². The highest BCUT2D eigenvalue weighted by molar-refractivity contribution is 5.94. The van der Waals surface area contributed by atoms with Crippen LogP contribution < -0.4 is 9.64 Å². The third kappa shape index (κ3) is 5.84. The van der Waals surface area contributed by atoms with Gasteiger partial charge in [0.1, 0.15) is 0 Å². The van der Waals surface area contributed by atoms with Gasteiger partial charge in [-0.15, -0.1) is 0 Å². The van der Waals surface area contributed by atoms with Crippen molar-refractivity contribution in [2.75, 3.05) is 18.5 Å². The van der Waals surface area contributed by atoms with Crippen LogP contribution in [-0.4, -0.2) is 34.4 Å². The van der Waals surface area contributed by atoms with Crippen LogP contribution in [0.2, 0.25) is 0 Å². The number of carbonyl (C=O) groups is 1. The van der Waals surface area contributed by atoms with Crippen LogP contribution in [0.25, 0.3) is 0 Å². The Morgan fingerprint density at radius 1 is 1.00 bits per heavy atom. The number of anilines is 1. The lowest BCUT2D eigenvalue weighted by atomic mass is 10.0. The molecular formula is C29H24F4N4O2. The van der Waals surface area contributed by atoms with Crippen LogP contribution in [0.3, 0.4) is 0 Å². The second kappa shape index (κ2) is 10.7. The molecule has 0 saturated heterocycles. The Bertz CT molecular complexity index is 1490. The van der Waals surface area contributed by atoms with E-state index >= 15 is 0 Å². The number of aromatic nitrogens is 2. The minimum absolute atomic E-state index is 0.00310. The van der Waals surface area contributed by atoms with Crippen LogP contribution in [0.5, 0.6) is 11.6 Å². The third-order valence-corrected chi connectivity index (χ3v) is 6.38. The quantitative estimate of drug-likeness (QED) is 0.272. The minimum atomic E-state index is -4.57. The largest absolute Gasteiger partial charge is 0.435 e. The van der Waals surface area contributed by atoms with Gasteiger partial charge in [0, 0.05) is 32.1 Å². The van der Waals surface area contributed by atoms with Gasteiger partial charge in [-0.2, -0.15) is 18.2 Å². The maximum Gasteiger partial charge on any atom is 0.416 e. The predicted octanol–water partition coefficient (Wildman–Crippen LogP) is 6.26. The van der Waals surface area contributed by atoms with E-state index in [0.29, 0.717) is 30.2 Å². The Morgan fingerprint density at radius 2 is 1.74 bits per heavy atom. The summed E-state index contributed by atoms with van der Waals surface area (Å²) in [5, 5.41) is 0. The van der Waals surface area contributed by atoms with Crippen molar-refractivity contribution >= 4 is 11.9 Å². The number of halogens is 4. The van der Waals surface area contributed by atoms with Gasteiger partial charge in [-0.05, 0) is 35.9 Å². The van der Waals surface area contributed by atoms with Crippen molar-refractivity contribution in [1.82, 2.24) is 14.9 Å². The number of para-hydroxylation sites is 1. The summed E-state index contributed by atoms with van der Waals surface area (Å²) in [5.41, 5.74) is 1.16. The van der Waals surface area contributed by atoms with Crippen molar-refractivity contribution in [2.45, 2.75) is 25.7 Å². The van der Waals surface area contributed by atoms with Crippen molar-refractivity contribution < 1.29 is 27.1 Å². The van der Waals surface area contributed by atoms with E-state index in [9.17, 15) is 22.4 Å². The number of alkyl halides is 3. The average Bonchev–Trinajstić information content (AvgIpc) is 2.93. The first-order chi connectivity index (χ1) is 18.7. The first-order valence-electron chi connectivity index (χ1n) is 12.2. The first kappa shape index (κ1) is 26.1. The SMILES string of the molecule is CN(Cc1ccccc1)c1nc2c(c(Oc3ccccc3F)n1)CN(C(=O)c1cccc(C(F)(F)F)c1)CC2. The second-order valence-electron chi connectivity index (χ2n) is 9.18. The molecule has 6 nitrogen and oxygen atoms in total. The standard InChI is InChI=1S/C29H24F4N4O2/c1-36(17-19-8-3-2-4-9-19)28-34-24-14-15-37(27(38)20-10-7-11-21(16-20)29(31,32)33)18-22(24)26(35-28)39-25-13-6-5-12-23(25)30/h2-13,16H,14-15,17-18H2,1H3. The predicted molar refractivity (Wildman–Crippen MR) is 137 cm³/mol. The molecule has 0 bridgehead atoms. The molecular weight excluding hydrogens is 512 g/mol. The van der Waals surface area contributed by atoms with Crippen molar-refractivity contribution in [3.63, 3.8) is 0 Å². The molecule has 0 aliphatic carbocycles. The molecule has 4 aromatic rings. The molecule has 1 aliphatic rings. The van der Waals surface area contributed by atoms with Crippen LogP contribution in [0.4, 0.5) is 23.5 Å². The fourth-order valence-electron chi connectivity index (χ4n) is 4.37. The molecule has 0 N–H and O–H groups in total. The smallest absolute Gasteiger partial charge is 0.416 e. The highest BCUT2D eigenvalue weighted by Gasteiger charge is 2.32. The summed E-state index contributed by atoms with van der Waals surface area (Å²) in [7, 11) is 1.83. The molecule has 10 heteroatoms. The monoisotopic (exact) mass is 536 g/mol. The number of benzene rings is 3. The molecule has 0 atom stereocenters. The minimum Gasteiger partial charge on any atom is -0.435 e. The number of rotatable bonds is 6. The van der Waals surface area contributed by atoms with Crippen LogP contribution in [0.1, 0.15) is 32.7 Å². The molecule has 1 amide bonds. The number of hydrogen-bond donors (Lipinski definition) is 0. The molecule has 0 radical (unpaired) electrons. The Kier molecular flexibility index (Phi) is 7.19. The van der Waals surface area contributed by atoms with Gasteiger partial charge in [0.15, 0.2) is 11.6 Å². The Labute approximate surface area is 222 Å². The number of ether oxygens (including phenoxy) is 1. The van der Waals surface area contributed by atoms with Gasteiger partial charge in [0.25, 0.3) is 5.91 Å². The molecule has 1 aromatic heterocycles. The Hall–Kier alpha value is -4.47. The highest BCUT2D eigenvalue weighted by Crippen LogP contribution is 2.34. The molecule has 200 valence electrons. The molecule has 39 heavy (non-hydrogen) atoms. The Balaban J connectivity index is 1.47. The molecule has 0 spiro atoms. The van der Waals surface area contributed by atoms with E-state index < -0.39 is 23.5 Å². The van der Waals surface area contributed by atoms with Crippen LogP contribution >= 0.6 is 0 Å². The molecule has 0 fully saturated rings. The molecule has 5 rings (SSSR count). The zero-order valence-electron chi connectivity index (χ0n) is 21.0. The number of carbonyl (C=O) groups excluding carboxylic acids is 1. The van der Waals surface area contributed by atoms with Crippen LogP contribution in [-0.2, 0) is 25.7 Å². The van der Waals surface area contributed by atoms with E-state index in [4.69, 9.17) is 9.72 Å². The summed E-state index contributed by atoms with van der Waals surface area (Å²) in [5.74, 6) is -0.745. The van der Waals surface area contributed by atoms with Gasteiger partial charge < -0.3 is 14.5 Å². The van der Waals surface area contributed by atoms with Crippen LogP contribution in [0.15, 0.2) is 78.9 Å². The van der Waals surface area contributed by atoms with E-state index in [2.05, 4.69) is 4.98 Å². The van der Waals surface area contributed by atoms with Crippen molar-refractivity contribution in [2.24, 2.45) is 0 Å². The maximum absolute atomic E-state index is 14.5. The van der Waals surface area contributed by atoms with E-state index in [1.54, 1.807) is 6.07 Å². The first-order valence-corrected chi connectivity index (χ1v) is 12.2. The van der Waals surface area contributed by atoms with Crippen molar-refractivity contribution in [1.29, 1.82) is 0 Å². The van der Waals surface area contributed by atoms with Gasteiger partial charge in [-0.25, -0.2) is 9.37 Å². The van der Waals surface area contributed by atoms with Gasteiger partial charge >= 0.3 is 6.18 Å². The lowest BCUT2D eigenvalue weighted by molar-refractivity contribution is -0.137. The summed E-state index contributed by atoms with van der Waals surface area (Å²) in [4.78, 5) is 25.7. The summed E-state index contributed by atoms with van der Waals surface area (Å²) >= 11 is 0. The zero-order valence-corrected chi connectivity index (χ0v) is 21.0. The lowest BCUT2D eigenvalue weighted by Gasteiger charge is -2.30. The molecule has 2 heterocycles. The van der Waals surface area contributed by atoms with Gasteiger partial charge in [-0.3, -0.25) is 4.79 Å². The normalized spacial score (nSPS) is 13.1. The second-order valence-corrected chi connectivity index (χ2v) is 9.18. The van der Waals surface area contributed by atoms with E-state index in [1.807, 2.05) is 42.3 Å². The van der Waals surface area contributed by atoms with E-state index in [1.165, 1.54) is 35.2 Å². The van der Waals surface area contributed by atoms with E-state index in [0.717, 1.165) is 17.7 Å². The molecule has 3 aromatic carbocycles. The summed E-state index contributed by atoms with van der Waals surface area (Å²) in [6, 6.07) is 19.9. The summed E-state index contributed by atoms with van der Waals surface area (Å²) < 4.78 is 60.0. The highest BCUT2D eigenvalue weighted by atomic mass is 19.4. The van der Waals surface area contributed by atoms with E-state index in [-0.39, 0.29) is 30.3 Å². The number of amides is 1. The third-order valence-electron chi connectivity index (χ3n) is 6.38. The fraction of sp³-hybridized carbons (Fsp3) is 0.207. The summed E-state index contributed by atoms with van der Waals surface area (Å²) in [6.45, 7) is 0.746. The number of fused-ring (bicyclic) bond motifs is 1. The van der Waals surface area contributed by atoms with Crippen molar-refractivity contribution in [3.8, 4) is 11.6 Å². The molecule has 1 aliphatic heterocycles.